The molecule has 7 heteroatoms. The molecule has 0 saturated heterocycles. The molecule has 0 fully saturated rings. The first-order valence-corrected chi connectivity index (χ1v) is 10.3. The number of rotatable bonds is 3. The Labute approximate surface area is 174 Å². The number of hydrogen-bond acceptors (Lipinski definition) is 5. The molecule has 5 heterocycles. The van der Waals surface area contributed by atoms with Crippen LogP contribution in [0.1, 0.15) is 0 Å². The van der Waals surface area contributed by atoms with Gasteiger partial charge in [0.25, 0.3) is 0 Å². The van der Waals surface area contributed by atoms with E-state index in [1.165, 1.54) is 16.6 Å². The summed E-state index contributed by atoms with van der Waals surface area (Å²) >= 11 is 1.73. The van der Waals surface area contributed by atoms with Crippen LogP contribution >= 0.6 is 11.3 Å². The highest BCUT2D eigenvalue weighted by atomic mass is 32.1. The minimum Gasteiger partial charge on any atom is -0.506 e. The number of nitrogens with one attached hydrogen (secondary N) is 2. The van der Waals surface area contributed by atoms with Gasteiger partial charge in [-0.15, -0.1) is 11.3 Å². The first-order chi connectivity index (χ1) is 14.8. The summed E-state index contributed by atoms with van der Waals surface area (Å²) in [5, 5.41) is 21.6. The minimum absolute atomic E-state index is 0.110. The van der Waals surface area contributed by atoms with E-state index < -0.39 is 0 Å². The Bertz CT molecular complexity index is 1510. The van der Waals surface area contributed by atoms with Crippen molar-refractivity contribution in [3.63, 3.8) is 0 Å². The number of nitrogens with zero attached hydrogens (tertiary/aromatic N) is 3. The summed E-state index contributed by atoms with van der Waals surface area (Å²) in [6.07, 6.45) is 4.84. The van der Waals surface area contributed by atoms with Crippen LogP contribution in [0.15, 0.2) is 72.5 Å². The Morgan fingerprint density at radius 2 is 1.87 bits per heavy atom. The van der Waals surface area contributed by atoms with Crippen LogP contribution in [0.2, 0.25) is 0 Å². The van der Waals surface area contributed by atoms with Gasteiger partial charge in [0, 0.05) is 38.5 Å². The van der Waals surface area contributed by atoms with Crippen molar-refractivity contribution in [2.24, 2.45) is 0 Å². The second-order valence-corrected chi connectivity index (χ2v) is 7.99. The maximum atomic E-state index is 9.75. The Kier molecular flexibility index (Phi) is 3.69. The predicted octanol–water partition coefficient (Wildman–Crippen LogP) is 5.60. The fraction of sp³-hybridized carbons (Fsp3) is 0. The first kappa shape index (κ1) is 16.9. The molecule has 6 aromatic rings. The number of thiophene rings is 1. The molecule has 6 rings (SSSR count). The van der Waals surface area contributed by atoms with E-state index in [9.17, 15) is 5.11 Å². The summed E-state index contributed by atoms with van der Waals surface area (Å²) in [6.45, 7) is 0. The van der Waals surface area contributed by atoms with E-state index in [0.717, 1.165) is 44.5 Å². The summed E-state index contributed by atoms with van der Waals surface area (Å²) in [6, 6.07) is 16.3. The summed E-state index contributed by atoms with van der Waals surface area (Å²) in [5.41, 5.74) is 6.36. The third-order valence-electron chi connectivity index (χ3n) is 5.17. The van der Waals surface area contributed by atoms with Crippen LogP contribution in [-0.4, -0.2) is 30.3 Å². The molecule has 3 N–H and O–H groups in total. The number of pyridine rings is 2. The van der Waals surface area contributed by atoms with E-state index in [0.29, 0.717) is 0 Å². The number of benzene rings is 1. The predicted molar refractivity (Wildman–Crippen MR) is 119 cm³/mol. The molecule has 0 aliphatic heterocycles. The molecule has 5 aromatic heterocycles. The van der Waals surface area contributed by atoms with Crippen LogP contribution in [0.3, 0.4) is 0 Å². The summed E-state index contributed by atoms with van der Waals surface area (Å²) in [7, 11) is 0. The molecule has 1 aromatic carbocycles. The Morgan fingerprint density at radius 3 is 2.73 bits per heavy atom. The number of aromatic nitrogens is 5. The second kappa shape index (κ2) is 6.53. The molecule has 0 radical (unpaired) electrons. The highest BCUT2D eigenvalue weighted by Crippen LogP contribution is 2.36. The summed E-state index contributed by atoms with van der Waals surface area (Å²) < 4.78 is 0. The lowest BCUT2D eigenvalue weighted by Gasteiger charge is -2.01. The summed E-state index contributed by atoms with van der Waals surface area (Å²) in [4.78, 5) is 13.3. The quantitative estimate of drug-likeness (QED) is 0.355. The van der Waals surface area contributed by atoms with Crippen molar-refractivity contribution in [3.05, 3.63) is 72.5 Å². The second-order valence-electron chi connectivity index (χ2n) is 7.05. The van der Waals surface area contributed by atoms with E-state index >= 15 is 0 Å². The van der Waals surface area contributed by atoms with Crippen molar-refractivity contribution >= 4 is 33.1 Å². The van der Waals surface area contributed by atoms with Gasteiger partial charge < -0.3 is 10.1 Å². The molecule has 0 saturated carbocycles. The smallest absolute Gasteiger partial charge is 0.134 e. The van der Waals surface area contributed by atoms with Crippen molar-refractivity contribution in [1.82, 2.24) is 25.1 Å². The van der Waals surface area contributed by atoms with E-state index in [1.54, 1.807) is 29.8 Å². The molecule has 144 valence electrons. The fourth-order valence-corrected chi connectivity index (χ4v) is 4.54. The topological polar surface area (TPSA) is 90.5 Å². The normalized spacial score (nSPS) is 11.5. The molecule has 0 spiro atoms. The van der Waals surface area contributed by atoms with Crippen molar-refractivity contribution in [1.29, 1.82) is 0 Å². The number of aromatic amines is 2. The molecule has 0 aliphatic carbocycles. The molecule has 0 atom stereocenters. The third-order valence-corrected chi connectivity index (χ3v) is 6.08. The number of hydrogen-bond donors (Lipinski definition) is 3. The zero-order valence-electron chi connectivity index (χ0n) is 15.6. The van der Waals surface area contributed by atoms with Crippen molar-refractivity contribution < 1.29 is 5.11 Å². The van der Waals surface area contributed by atoms with Gasteiger partial charge in [-0.2, -0.15) is 5.10 Å². The maximum Gasteiger partial charge on any atom is 0.134 e. The molecule has 0 amide bonds. The molecule has 0 aliphatic rings. The third kappa shape index (κ3) is 2.67. The van der Waals surface area contributed by atoms with Gasteiger partial charge in [-0.3, -0.25) is 15.1 Å². The Balaban J connectivity index is 1.52. The van der Waals surface area contributed by atoms with Gasteiger partial charge in [0.1, 0.15) is 11.4 Å². The van der Waals surface area contributed by atoms with E-state index in [4.69, 9.17) is 0 Å². The van der Waals surface area contributed by atoms with Crippen molar-refractivity contribution in [2.75, 3.05) is 0 Å². The van der Waals surface area contributed by atoms with Gasteiger partial charge in [-0.05, 0) is 35.7 Å². The molecule has 6 nitrogen and oxygen atoms in total. The SMILES string of the molecule is Oc1cncc(-c2cc3c(-c4cc5c(-c6cccs6)cccc5[nH]4)n[nH]c3cn2)c1. The summed E-state index contributed by atoms with van der Waals surface area (Å²) in [5.74, 6) is 0.110. The Morgan fingerprint density at radius 1 is 0.900 bits per heavy atom. The largest absolute Gasteiger partial charge is 0.506 e. The lowest BCUT2D eigenvalue weighted by atomic mass is 10.1. The lowest BCUT2D eigenvalue weighted by Crippen LogP contribution is -1.85. The van der Waals surface area contributed by atoms with Crippen molar-refractivity contribution in [3.8, 4) is 38.8 Å². The van der Waals surface area contributed by atoms with Crippen LogP contribution in [-0.2, 0) is 0 Å². The molecular formula is C23H15N5OS. The maximum absolute atomic E-state index is 9.75. The van der Waals surface area contributed by atoms with Crippen LogP contribution in [0.4, 0.5) is 0 Å². The van der Waals surface area contributed by atoms with Gasteiger partial charge in [0.15, 0.2) is 0 Å². The van der Waals surface area contributed by atoms with Crippen molar-refractivity contribution in [2.45, 2.75) is 0 Å². The highest BCUT2D eigenvalue weighted by molar-refractivity contribution is 7.13. The number of fused-ring (bicyclic) bond motifs is 2. The minimum atomic E-state index is 0.110. The van der Waals surface area contributed by atoms with Gasteiger partial charge in [0.2, 0.25) is 0 Å². The monoisotopic (exact) mass is 409 g/mol. The highest BCUT2D eigenvalue weighted by Gasteiger charge is 2.15. The average Bonchev–Trinajstić information content (AvgIpc) is 3.51. The Hall–Kier alpha value is -3.97. The van der Waals surface area contributed by atoms with Crippen LogP contribution in [0.25, 0.3) is 54.9 Å². The van der Waals surface area contributed by atoms with E-state index in [-0.39, 0.29) is 5.75 Å². The molecule has 0 unspecified atom stereocenters. The lowest BCUT2D eigenvalue weighted by molar-refractivity contribution is 0.473. The zero-order chi connectivity index (χ0) is 20.1. The number of H-pyrrole nitrogens is 2. The van der Waals surface area contributed by atoms with Gasteiger partial charge >= 0.3 is 0 Å². The fourth-order valence-electron chi connectivity index (χ4n) is 3.78. The standard InChI is InChI=1S/C23H15N5OS/c29-14-7-13(10-24-11-14)19-9-17-21(12-25-19)27-28-23(17)20-8-16-15(22-5-2-6-30-22)3-1-4-18(16)26-20/h1-12,26,29H,(H,27,28). The molecular weight excluding hydrogens is 394 g/mol. The van der Waals surface area contributed by atoms with E-state index in [2.05, 4.69) is 66.9 Å². The zero-order valence-corrected chi connectivity index (χ0v) is 16.4. The number of aromatic hydroxyl groups is 1. The molecule has 0 bridgehead atoms. The molecule has 30 heavy (non-hydrogen) atoms. The van der Waals surface area contributed by atoms with Crippen LogP contribution in [0.5, 0.6) is 5.75 Å². The van der Waals surface area contributed by atoms with Gasteiger partial charge in [-0.25, -0.2) is 0 Å². The van der Waals surface area contributed by atoms with Crippen LogP contribution in [0, 0.1) is 0 Å². The van der Waals surface area contributed by atoms with E-state index in [1.807, 2.05) is 6.07 Å². The van der Waals surface area contributed by atoms with Gasteiger partial charge in [-0.1, -0.05) is 18.2 Å². The van der Waals surface area contributed by atoms with Crippen LogP contribution < -0.4 is 0 Å². The van der Waals surface area contributed by atoms with Gasteiger partial charge in [0.05, 0.1) is 29.3 Å². The first-order valence-electron chi connectivity index (χ1n) is 9.41. The average molecular weight is 409 g/mol.